The molecule has 0 radical (unpaired) electrons. The second-order valence-corrected chi connectivity index (χ2v) is 17.0. The van der Waals surface area contributed by atoms with Crippen molar-refractivity contribution in [3.63, 3.8) is 0 Å². The fourth-order valence-corrected chi connectivity index (χ4v) is 16.0. The SMILES string of the molecule is CC1=C([Si](C)(C)C2C3CCCCC3C3CCCCC32)C2CCc3ccccc3C2C1. The summed E-state index contributed by atoms with van der Waals surface area (Å²) in [6, 6.07) is 9.45. The summed E-state index contributed by atoms with van der Waals surface area (Å²) in [4.78, 5) is 0. The zero-order valence-corrected chi connectivity index (χ0v) is 20.6. The van der Waals surface area contributed by atoms with Crippen molar-refractivity contribution in [3.05, 3.63) is 46.2 Å². The van der Waals surface area contributed by atoms with Crippen molar-refractivity contribution in [1.82, 2.24) is 0 Å². The van der Waals surface area contributed by atoms with Crippen LogP contribution in [0.15, 0.2) is 35.0 Å². The Hall–Kier alpha value is -0.823. The van der Waals surface area contributed by atoms with E-state index in [2.05, 4.69) is 49.5 Å². The van der Waals surface area contributed by atoms with Crippen LogP contribution < -0.4 is 0 Å². The van der Waals surface area contributed by atoms with Gasteiger partial charge in [-0.1, -0.05) is 86.7 Å². The Morgan fingerprint density at radius 1 is 0.733 bits per heavy atom. The zero-order valence-electron chi connectivity index (χ0n) is 19.6. The Balaban J connectivity index is 1.37. The monoisotopic (exact) mass is 418 g/mol. The third-order valence-electron chi connectivity index (χ3n) is 10.8. The van der Waals surface area contributed by atoms with Gasteiger partial charge in [-0.25, -0.2) is 0 Å². The van der Waals surface area contributed by atoms with E-state index >= 15 is 0 Å². The quantitative estimate of drug-likeness (QED) is 0.424. The fourth-order valence-electron chi connectivity index (χ4n) is 10.1. The lowest BCUT2D eigenvalue weighted by molar-refractivity contribution is 0.184. The Kier molecular flexibility index (Phi) is 4.87. The largest absolute Gasteiger partial charge is 0.0794 e. The van der Waals surface area contributed by atoms with Gasteiger partial charge in [0.15, 0.2) is 0 Å². The standard InChI is InChI=1S/C29H42Si/c1-19-18-27-21-11-5-4-10-20(21)16-17-26(27)28(19)30(2,3)29-24-14-8-6-12-22(24)23-13-7-9-15-25(23)29/h4-5,10-11,22-27,29H,6-9,12-18H2,1-3H3. The molecule has 1 aromatic rings. The maximum absolute atomic E-state index is 2.85. The molecule has 6 atom stereocenters. The maximum Gasteiger partial charge on any atom is 0.0794 e. The van der Waals surface area contributed by atoms with Crippen LogP contribution in [0.2, 0.25) is 18.6 Å². The average Bonchev–Trinajstić information content (AvgIpc) is 3.29. The molecule has 30 heavy (non-hydrogen) atoms. The van der Waals surface area contributed by atoms with Crippen LogP contribution in [0.5, 0.6) is 0 Å². The summed E-state index contributed by atoms with van der Waals surface area (Å²) >= 11 is 0. The van der Waals surface area contributed by atoms with Crippen LogP contribution >= 0.6 is 0 Å². The second-order valence-electron chi connectivity index (χ2n) is 12.3. The van der Waals surface area contributed by atoms with Gasteiger partial charge in [0.05, 0.1) is 8.07 Å². The maximum atomic E-state index is 2.85. The van der Waals surface area contributed by atoms with Crippen LogP contribution in [0.25, 0.3) is 0 Å². The van der Waals surface area contributed by atoms with E-state index in [1.165, 1.54) is 44.9 Å². The zero-order chi connectivity index (χ0) is 20.5. The van der Waals surface area contributed by atoms with Gasteiger partial charge in [-0.3, -0.25) is 0 Å². The van der Waals surface area contributed by atoms with Crippen LogP contribution in [0, 0.1) is 29.6 Å². The average molecular weight is 419 g/mol. The predicted octanol–water partition coefficient (Wildman–Crippen LogP) is 8.30. The van der Waals surface area contributed by atoms with Crippen molar-refractivity contribution in [2.75, 3.05) is 0 Å². The Labute approximate surface area is 185 Å². The summed E-state index contributed by atoms with van der Waals surface area (Å²) < 4.78 is 0. The predicted molar refractivity (Wildman–Crippen MR) is 130 cm³/mol. The molecule has 0 aromatic heterocycles. The molecule has 1 heteroatoms. The van der Waals surface area contributed by atoms with Gasteiger partial charge in [0.25, 0.3) is 0 Å². The Morgan fingerprint density at radius 3 is 2.00 bits per heavy atom. The lowest BCUT2D eigenvalue weighted by Crippen LogP contribution is -2.44. The minimum Gasteiger partial charge on any atom is -0.0779 e. The molecular weight excluding hydrogens is 376 g/mol. The first-order valence-corrected chi connectivity index (χ1v) is 16.4. The van der Waals surface area contributed by atoms with E-state index in [4.69, 9.17) is 0 Å². The van der Waals surface area contributed by atoms with E-state index in [9.17, 15) is 0 Å². The van der Waals surface area contributed by atoms with Crippen molar-refractivity contribution in [3.8, 4) is 0 Å². The van der Waals surface area contributed by atoms with Crippen LogP contribution in [0.1, 0.15) is 88.2 Å². The van der Waals surface area contributed by atoms with Gasteiger partial charge < -0.3 is 0 Å². The van der Waals surface area contributed by atoms with Gasteiger partial charge in [-0.05, 0) is 91.2 Å². The highest BCUT2D eigenvalue weighted by Gasteiger charge is 2.58. The number of hydrogen-bond donors (Lipinski definition) is 0. The van der Waals surface area contributed by atoms with E-state index in [0.29, 0.717) is 0 Å². The highest BCUT2D eigenvalue weighted by atomic mass is 28.3. The summed E-state index contributed by atoms with van der Waals surface area (Å²) in [5.41, 5.74) is 6.30. The van der Waals surface area contributed by atoms with Gasteiger partial charge in [0.2, 0.25) is 0 Å². The lowest BCUT2D eigenvalue weighted by atomic mass is 9.73. The summed E-state index contributed by atoms with van der Waals surface area (Å²) in [7, 11) is -1.47. The van der Waals surface area contributed by atoms with Gasteiger partial charge in [-0.15, -0.1) is 0 Å². The lowest BCUT2D eigenvalue weighted by Gasteiger charge is -2.45. The molecule has 6 unspecified atom stereocenters. The van der Waals surface area contributed by atoms with Crippen LogP contribution in [-0.4, -0.2) is 8.07 Å². The molecule has 0 aliphatic heterocycles. The molecule has 162 valence electrons. The van der Waals surface area contributed by atoms with E-state index in [0.717, 1.165) is 41.0 Å². The summed E-state index contributed by atoms with van der Waals surface area (Å²) in [5.74, 6) is 6.07. The minimum absolute atomic E-state index is 0.808. The molecule has 0 amide bonds. The minimum atomic E-state index is -1.47. The van der Waals surface area contributed by atoms with Crippen LogP contribution in [-0.2, 0) is 6.42 Å². The molecule has 1 aromatic carbocycles. The molecule has 0 heterocycles. The Bertz CT molecular complexity index is 826. The molecule has 6 rings (SSSR count). The Morgan fingerprint density at radius 2 is 1.33 bits per heavy atom. The van der Waals surface area contributed by atoms with Gasteiger partial charge in [0, 0.05) is 0 Å². The van der Waals surface area contributed by atoms with E-state index in [1.807, 2.05) is 5.57 Å². The molecule has 5 aliphatic rings. The molecule has 0 spiro atoms. The van der Waals surface area contributed by atoms with Crippen LogP contribution in [0.3, 0.4) is 0 Å². The molecule has 3 fully saturated rings. The normalized spacial score (nSPS) is 40.6. The topological polar surface area (TPSA) is 0 Å². The smallest absolute Gasteiger partial charge is 0.0779 e. The van der Waals surface area contributed by atoms with Crippen molar-refractivity contribution >= 4 is 8.07 Å². The number of benzene rings is 1. The third-order valence-corrected chi connectivity index (χ3v) is 15.5. The molecular formula is C29H42Si. The first kappa shape index (κ1) is 19.8. The molecule has 3 saturated carbocycles. The number of rotatable bonds is 2. The van der Waals surface area contributed by atoms with Crippen molar-refractivity contribution in [1.29, 1.82) is 0 Å². The van der Waals surface area contributed by atoms with E-state index in [-0.39, 0.29) is 0 Å². The van der Waals surface area contributed by atoms with Crippen molar-refractivity contribution in [2.24, 2.45) is 29.6 Å². The summed E-state index contributed by atoms with van der Waals surface area (Å²) in [6.45, 7) is 8.25. The molecule has 0 bridgehead atoms. The van der Waals surface area contributed by atoms with Crippen molar-refractivity contribution in [2.45, 2.75) is 102 Å². The number of allylic oxidation sites excluding steroid dienone is 2. The first-order valence-electron chi connectivity index (χ1n) is 13.3. The number of aryl methyl sites for hydroxylation is 1. The van der Waals surface area contributed by atoms with Gasteiger partial charge >= 0.3 is 0 Å². The van der Waals surface area contributed by atoms with Crippen molar-refractivity contribution < 1.29 is 0 Å². The third kappa shape index (κ3) is 2.83. The highest BCUT2D eigenvalue weighted by molar-refractivity contribution is 6.86. The van der Waals surface area contributed by atoms with Crippen LogP contribution in [0.4, 0.5) is 0 Å². The fraction of sp³-hybridized carbons (Fsp3) is 0.724. The first-order chi connectivity index (χ1) is 14.6. The molecule has 0 nitrogen and oxygen atoms in total. The molecule has 0 N–H and O–H groups in total. The van der Waals surface area contributed by atoms with E-state index in [1.54, 1.807) is 36.8 Å². The van der Waals surface area contributed by atoms with Gasteiger partial charge in [-0.2, -0.15) is 0 Å². The summed E-state index contributed by atoms with van der Waals surface area (Å²) in [5, 5.41) is 2.07. The number of hydrogen-bond acceptors (Lipinski definition) is 0. The van der Waals surface area contributed by atoms with Gasteiger partial charge in [0.1, 0.15) is 0 Å². The van der Waals surface area contributed by atoms with E-state index < -0.39 is 8.07 Å². The summed E-state index contributed by atoms with van der Waals surface area (Å²) in [6.07, 6.45) is 16.5. The molecule has 5 aliphatic carbocycles. The highest BCUT2D eigenvalue weighted by Crippen LogP contribution is 2.65. The molecule has 0 saturated heterocycles. The number of fused-ring (bicyclic) bond motifs is 6. The second kappa shape index (κ2) is 7.36.